The first-order chi connectivity index (χ1) is 14.2. The zero-order valence-corrected chi connectivity index (χ0v) is 16.8. The third-order valence-electron chi connectivity index (χ3n) is 6.03. The Morgan fingerprint density at radius 2 is 1.62 bits per heavy atom. The summed E-state index contributed by atoms with van der Waals surface area (Å²) in [6.45, 7) is 2.69. The van der Waals surface area contributed by atoms with Crippen LogP contribution in [0.15, 0.2) is 60.7 Å². The zero-order chi connectivity index (χ0) is 20.1. The minimum absolute atomic E-state index is 0.0204. The van der Waals surface area contributed by atoms with Crippen molar-refractivity contribution in [2.24, 2.45) is 0 Å². The second-order valence-electron chi connectivity index (χ2n) is 7.92. The SMILES string of the molecule is O=C(NCC(c1ccccc1)N1CCCCC1)C1CCC(=O)N1c1ccccc1. The van der Waals surface area contributed by atoms with Gasteiger partial charge in [-0.2, -0.15) is 0 Å². The van der Waals surface area contributed by atoms with Crippen LogP contribution in [0.3, 0.4) is 0 Å². The number of piperidine rings is 1. The van der Waals surface area contributed by atoms with Crippen LogP contribution in [0.2, 0.25) is 0 Å². The predicted octanol–water partition coefficient (Wildman–Crippen LogP) is 3.53. The maximum Gasteiger partial charge on any atom is 0.243 e. The van der Waals surface area contributed by atoms with Gasteiger partial charge in [-0.3, -0.25) is 19.4 Å². The molecule has 5 heteroatoms. The van der Waals surface area contributed by atoms with Crippen molar-refractivity contribution in [2.75, 3.05) is 24.5 Å². The summed E-state index contributed by atoms with van der Waals surface area (Å²) in [5.74, 6) is -0.0374. The van der Waals surface area contributed by atoms with E-state index in [1.807, 2.05) is 36.4 Å². The number of carbonyl (C=O) groups is 2. The number of benzene rings is 2. The number of para-hydroxylation sites is 1. The van der Waals surface area contributed by atoms with Gasteiger partial charge in [0.1, 0.15) is 6.04 Å². The molecule has 0 spiro atoms. The number of nitrogens with zero attached hydrogens (tertiary/aromatic N) is 2. The molecule has 2 fully saturated rings. The van der Waals surface area contributed by atoms with Crippen LogP contribution in [0.25, 0.3) is 0 Å². The lowest BCUT2D eigenvalue weighted by Gasteiger charge is -2.35. The van der Waals surface area contributed by atoms with Gasteiger partial charge in [-0.1, -0.05) is 55.0 Å². The van der Waals surface area contributed by atoms with Gasteiger partial charge >= 0.3 is 0 Å². The van der Waals surface area contributed by atoms with Gasteiger partial charge in [0.15, 0.2) is 0 Å². The molecule has 0 bridgehead atoms. The molecule has 2 unspecified atom stereocenters. The first-order valence-electron chi connectivity index (χ1n) is 10.7. The lowest BCUT2D eigenvalue weighted by molar-refractivity contribution is -0.124. The summed E-state index contributed by atoms with van der Waals surface area (Å²) >= 11 is 0. The smallest absolute Gasteiger partial charge is 0.243 e. The van der Waals surface area contributed by atoms with Crippen molar-refractivity contribution < 1.29 is 9.59 Å². The number of hydrogen-bond acceptors (Lipinski definition) is 3. The first-order valence-corrected chi connectivity index (χ1v) is 10.7. The van der Waals surface area contributed by atoms with Crippen LogP contribution < -0.4 is 10.2 Å². The van der Waals surface area contributed by atoms with Crippen LogP contribution in [0.5, 0.6) is 0 Å². The summed E-state index contributed by atoms with van der Waals surface area (Å²) in [7, 11) is 0. The number of nitrogens with one attached hydrogen (secondary N) is 1. The Balaban J connectivity index is 1.46. The minimum atomic E-state index is -0.428. The maximum absolute atomic E-state index is 13.1. The molecule has 2 aromatic rings. The van der Waals surface area contributed by atoms with Crippen molar-refractivity contribution in [1.82, 2.24) is 10.2 Å². The average molecular weight is 392 g/mol. The van der Waals surface area contributed by atoms with Crippen molar-refractivity contribution in [3.63, 3.8) is 0 Å². The molecule has 2 aromatic carbocycles. The Morgan fingerprint density at radius 1 is 0.966 bits per heavy atom. The van der Waals surface area contributed by atoms with Gasteiger partial charge in [0, 0.05) is 18.7 Å². The molecule has 2 aliphatic heterocycles. The van der Waals surface area contributed by atoms with E-state index in [-0.39, 0.29) is 17.9 Å². The first kappa shape index (κ1) is 19.6. The fourth-order valence-electron chi connectivity index (χ4n) is 4.52. The molecule has 2 heterocycles. The molecule has 4 rings (SSSR count). The molecule has 2 saturated heterocycles. The molecule has 1 N–H and O–H groups in total. The van der Waals surface area contributed by atoms with E-state index in [9.17, 15) is 9.59 Å². The summed E-state index contributed by atoms with van der Waals surface area (Å²) < 4.78 is 0. The molecular formula is C24H29N3O2. The van der Waals surface area contributed by atoms with Crippen LogP contribution in [0.4, 0.5) is 5.69 Å². The fourth-order valence-corrected chi connectivity index (χ4v) is 4.52. The summed E-state index contributed by atoms with van der Waals surface area (Å²) in [5.41, 5.74) is 2.03. The highest BCUT2D eigenvalue weighted by atomic mass is 16.2. The standard InChI is InChI=1S/C24H29N3O2/c28-23-15-14-21(27(23)20-12-6-2-7-13-20)24(29)25-18-22(19-10-4-1-5-11-19)26-16-8-3-9-17-26/h1-2,4-7,10-13,21-22H,3,8-9,14-18H2,(H,25,29). The van der Waals surface area contributed by atoms with Gasteiger partial charge in [0.05, 0.1) is 6.04 Å². The number of likely N-dealkylation sites (tertiary alicyclic amines) is 1. The van der Waals surface area contributed by atoms with Crippen LogP contribution in [-0.4, -0.2) is 42.4 Å². The third kappa shape index (κ3) is 4.51. The molecule has 0 aliphatic carbocycles. The van der Waals surface area contributed by atoms with E-state index in [4.69, 9.17) is 0 Å². The topological polar surface area (TPSA) is 52.7 Å². The van der Waals surface area contributed by atoms with E-state index >= 15 is 0 Å². The van der Waals surface area contributed by atoms with Crippen molar-refractivity contribution in [3.05, 3.63) is 66.2 Å². The molecule has 2 atom stereocenters. The summed E-state index contributed by atoms with van der Waals surface area (Å²) in [4.78, 5) is 29.6. The summed E-state index contributed by atoms with van der Waals surface area (Å²) in [6.07, 6.45) is 4.67. The Bertz CT molecular complexity index is 819. The third-order valence-corrected chi connectivity index (χ3v) is 6.03. The molecule has 0 radical (unpaired) electrons. The largest absolute Gasteiger partial charge is 0.352 e. The Hall–Kier alpha value is -2.66. The summed E-state index contributed by atoms with van der Waals surface area (Å²) in [5, 5.41) is 3.17. The number of hydrogen-bond donors (Lipinski definition) is 1. The van der Waals surface area contributed by atoms with Crippen LogP contribution >= 0.6 is 0 Å². The Kier molecular flexibility index (Phi) is 6.25. The molecule has 5 nitrogen and oxygen atoms in total. The Labute approximate surface area is 172 Å². The zero-order valence-electron chi connectivity index (χ0n) is 16.8. The van der Waals surface area contributed by atoms with Crippen molar-refractivity contribution in [3.8, 4) is 0 Å². The number of anilines is 1. The van der Waals surface area contributed by atoms with E-state index in [2.05, 4.69) is 34.5 Å². The lowest BCUT2D eigenvalue weighted by atomic mass is 10.0. The Morgan fingerprint density at radius 3 is 2.31 bits per heavy atom. The van der Waals surface area contributed by atoms with Gasteiger partial charge in [-0.15, -0.1) is 0 Å². The highest BCUT2D eigenvalue weighted by Crippen LogP contribution is 2.27. The maximum atomic E-state index is 13.1. The molecule has 152 valence electrons. The van der Waals surface area contributed by atoms with Gasteiger partial charge in [0.25, 0.3) is 0 Å². The molecular weight excluding hydrogens is 362 g/mol. The van der Waals surface area contributed by atoms with E-state index in [0.29, 0.717) is 19.4 Å². The highest BCUT2D eigenvalue weighted by molar-refractivity contribution is 6.03. The van der Waals surface area contributed by atoms with Crippen molar-refractivity contribution >= 4 is 17.5 Å². The van der Waals surface area contributed by atoms with Crippen molar-refractivity contribution in [2.45, 2.75) is 44.2 Å². The number of amides is 2. The van der Waals surface area contributed by atoms with Gasteiger partial charge in [-0.05, 0) is 50.0 Å². The fraction of sp³-hybridized carbons (Fsp3) is 0.417. The van der Waals surface area contributed by atoms with E-state index in [0.717, 1.165) is 18.8 Å². The highest BCUT2D eigenvalue weighted by Gasteiger charge is 2.37. The predicted molar refractivity (Wildman–Crippen MR) is 115 cm³/mol. The molecule has 0 saturated carbocycles. The van der Waals surface area contributed by atoms with E-state index in [1.165, 1.54) is 24.8 Å². The van der Waals surface area contributed by atoms with Gasteiger partial charge in [0.2, 0.25) is 11.8 Å². The van der Waals surface area contributed by atoms with Gasteiger partial charge < -0.3 is 5.32 Å². The van der Waals surface area contributed by atoms with Crippen LogP contribution in [0.1, 0.15) is 43.7 Å². The van der Waals surface area contributed by atoms with Crippen molar-refractivity contribution in [1.29, 1.82) is 0 Å². The van der Waals surface area contributed by atoms with E-state index < -0.39 is 6.04 Å². The van der Waals surface area contributed by atoms with E-state index in [1.54, 1.807) is 4.90 Å². The number of rotatable bonds is 6. The van der Waals surface area contributed by atoms with Crippen LogP contribution in [-0.2, 0) is 9.59 Å². The van der Waals surface area contributed by atoms with Crippen LogP contribution in [0, 0.1) is 0 Å². The lowest BCUT2D eigenvalue weighted by Crippen LogP contribution is -2.48. The second-order valence-corrected chi connectivity index (χ2v) is 7.92. The summed E-state index contributed by atoms with van der Waals surface area (Å²) in [6, 6.07) is 19.7. The van der Waals surface area contributed by atoms with Gasteiger partial charge in [-0.25, -0.2) is 0 Å². The minimum Gasteiger partial charge on any atom is -0.352 e. The average Bonchev–Trinajstić information content (AvgIpc) is 3.17. The molecule has 2 amide bonds. The quantitative estimate of drug-likeness (QED) is 0.820. The second kappa shape index (κ2) is 9.23. The monoisotopic (exact) mass is 391 g/mol. The number of carbonyl (C=O) groups excluding carboxylic acids is 2. The molecule has 2 aliphatic rings. The molecule has 0 aromatic heterocycles. The normalized spacial score (nSPS) is 21.2. The molecule has 29 heavy (non-hydrogen) atoms.